The van der Waals surface area contributed by atoms with Gasteiger partial charge in [0.15, 0.2) is 0 Å². The van der Waals surface area contributed by atoms with Gasteiger partial charge in [-0.25, -0.2) is 4.98 Å². The van der Waals surface area contributed by atoms with Crippen LogP contribution in [0.2, 0.25) is 0 Å². The standard InChI is InChI=1S/C20H22N6O/c1-27-15-6-5-13-3-2-4-17(16(13)9-15)25-11-12(10-21)7-14-8-18(22)26-20(24)19(14)23/h2-6,8-11,21,25H,7,23H2,1H3,(H4,22,24,26)/b12-11-,21-10?. The van der Waals surface area contributed by atoms with Gasteiger partial charge in [-0.1, -0.05) is 18.2 Å². The summed E-state index contributed by atoms with van der Waals surface area (Å²) in [5.41, 5.74) is 20.2. The lowest BCUT2D eigenvalue weighted by Gasteiger charge is -2.11. The molecule has 0 aliphatic rings. The highest BCUT2D eigenvalue weighted by Crippen LogP contribution is 2.28. The van der Waals surface area contributed by atoms with Crippen LogP contribution in [0.3, 0.4) is 0 Å². The summed E-state index contributed by atoms with van der Waals surface area (Å²) in [4.78, 5) is 3.94. The number of nitrogens with one attached hydrogen (secondary N) is 2. The molecule has 8 N–H and O–H groups in total. The van der Waals surface area contributed by atoms with E-state index in [4.69, 9.17) is 27.3 Å². The van der Waals surface area contributed by atoms with Crippen molar-refractivity contribution >= 4 is 40.0 Å². The first-order chi connectivity index (χ1) is 13.0. The molecule has 0 unspecified atom stereocenters. The normalized spacial score (nSPS) is 11.4. The summed E-state index contributed by atoms with van der Waals surface area (Å²) in [5.74, 6) is 1.28. The third-order valence-electron chi connectivity index (χ3n) is 4.28. The fourth-order valence-electron chi connectivity index (χ4n) is 2.84. The number of hydrogen-bond donors (Lipinski definition) is 5. The number of anilines is 4. The summed E-state index contributed by atoms with van der Waals surface area (Å²) in [6, 6.07) is 13.5. The number of pyridine rings is 1. The van der Waals surface area contributed by atoms with E-state index in [1.54, 1.807) is 19.4 Å². The second kappa shape index (κ2) is 7.65. The second-order valence-corrected chi connectivity index (χ2v) is 6.08. The highest BCUT2D eigenvalue weighted by atomic mass is 16.5. The minimum absolute atomic E-state index is 0.198. The quantitative estimate of drug-likeness (QED) is 0.427. The van der Waals surface area contributed by atoms with Crippen LogP contribution in [0.15, 0.2) is 54.2 Å². The van der Waals surface area contributed by atoms with Crippen molar-refractivity contribution < 1.29 is 4.74 Å². The number of hydrogen-bond acceptors (Lipinski definition) is 7. The molecule has 2 aromatic carbocycles. The van der Waals surface area contributed by atoms with Crippen molar-refractivity contribution in [2.45, 2.75) is 6.42 Å². The van der Waals surface area contributed by atoms with Gasteiger partial charge < -0.3 is 32.7 Å². The summed E-state index contributed by atoms with van der Waals surface area (Å²) < 4.78 is 5.32. The third kappa shape index (κ3) is 3.92. The van der Waals surface area contributed by atoms with Gasteiger partial charge in [0.05, 0.1) is 12.8 Å². The Labute approximate surface area is 157 Å². The summed E-state index contributed by atoms with van der Waals surface area (Å²) in [6.07, 6.45) is 3.45. The molecule has 0 amide bonds. The van der Waals surface area contributed by atoms with Gasteiger partial charge in [0, 0.05) is 29.9 Å². The van der Waals surface area contributed by atoms with E-state index < -0.39 is 0 Å². The number of methoxy groups -OCH3 is 1. The van der Waals surface area contributed by atoms with Crippen molar-refractivity contribution in [1.29, 1.82) is 5.41 Å². The van der Waals surface area contributed by atoms with Gasteiger partial charge in [0.1, 0.15) is 17.4 Å². The predicted molar refractivity (Wildman–Crippen MR) is 112 cm³/mol. The Balaban J connectivity index is 1.90. The van der Waals surface area contributed by atoms with Crippen molar-refractivity contribution in [2.75, 3.05) is 29.6 Å². The van der Waals surface area contributed by atoms with Crippen LogP contribution >= 0.6 is 0 Å². The number of nitrogens with two attached hydrogens (primary N) is 3. The number of fused-ring (bicyclic) bond motifs is 1. The van der Waals surface area contributed by atoms with Crippen LogP contribution in [0.4, 0.5) is 23.0 Å². The maximum atomic E-state index is 7.71. The van der Waals surface area contributed by atoms with Gasteiger partial charge >= 0.3 is 0 Å². The van der Waals surface area contributed by atoms with Crippen molar-refractivity contribution in [3.63, 3.8) is 0 Å². The number of benzene rings is 2. The minimum Gasteiger partial charge on any atom is -0.497 e. The Hall–Kier alpha value is -3.74. The molecular formula is C20H22N6O. The minimum atomic E-state index is 0.198. The molecule has 7 heteroatoms. The van der Waals surface area contributed by atoms with Crippen LogP contribution in [-0.2, 0) is 6.42 Å². The SMILES string of the molecule is COc1ccc2cccc(N/C=C(\C=N)Cc3cc(N)nc(N)c3N)c2c1. The third-order valence-corrected chi connectivity index (χ3v) is 4.28. The first kappa shape index (κ1) is 18.1. The number of allylic oxidation sites excluding steroid dienone is 1. The smallest absolute Gasteiger partial charge is 0.149 e. The topological polar surface area (TPSA) is 136 Å². The van der Waals surface area contributed by atoms with E-state index >= 15 is 0 Å². The fourth-order valence-corrected chi connectivity index (χ4v) is 2.84. The summed E-state index contributed by atoms with van der Waals surface area (Å²) in [5, 5.41) is 13.1. The second-order valence-electron chi connectivity index (χ2n) is 6.08. The molecule has 1 heterocycles. The van der Waals surface area contributed by atoms with E-state index in [2.05, 4.69) is 10.3 Å². The van der Waals surface area contributed by atoms with Crippen molar-refractivity contribution in [3.05, 3.63) is 59.8 Å². The highest BCUT2D eigenvalue weighted by molar-refractivity contribution is 5.95. The van der Waals surface area contributed by atoms with Gasteiger partial charge in [-0.3, -0.25) is 0 Å². The lowest BCUT2D eigenvalue weighted by atomic mass is 10.1. The van der Waals surface area contributed by atoms with Crippen molar-refractivity contribution in [2.24, 2.45) is 0 Å². The molecule has 0 atom stereocenters. The number of nitrogens with zero attached hydrogens (tertiary/aromatic N) is 1. The Kier molecular flexibility index (Phi) is 5.12. The molecular weight excluding hydrogens is 340 g/mol. The van der Waals surface area contributed by atoms with Crippen LogP contribution in [-0.4, -0.2) is 18.3 Å². The summed E-state index contributed by atoms with van der Waals surface area (Å²) >= 11 is 0. The zero-order valence-electron chi connectivity index (χ0n) is 15.0. The van der Waals surface area contributed by atoms with Gasteiger partial charge in [-0.15, -0.1) is 0 Å². The maximum Gasteiger partial charge on any atom is 0.149 e. The molecule has 0 aliphatic heterocycles. The van der Waals surface area contributed by atoms with E-state index in [0.29, 0.717) is 23.5 Å². The molecule has 3 rings (SSSR count). The Morgan fingerprint density at radius 2 is 2.00 bits per heavy atom. The Morgan fingerprint density at radius 1 is 1.19 bits per heavy atom. The molecule has 7 nitrogen and oxygen atoms in total. The predicted octanol–water partition coefficient (Wildman–Crippen LogP) is 3.18. The number of aromatic nitrogens is 1. The lowest BCUT2D eigenvalue weighted by Crippen LogP contribution is -2.07. The Bertz CT molecular complexity index is 1030. The molecule has 138 valence electrons. The molecule has 0 spiro atoms. The molecule has 3 aromatic rings. The van der Waals surface area contributed by atoms with Crippen molar-refractivity contribution in [3.8, 4) is 5.75 Å². The van der Waals surface area contributed by atoms with Crippen molar-refractivity contribution in [1.82, 2.24) is 4.98 Å². The monoisotopic (exact) mass is 362 g/mol. The zero-order chi connectivity index (χ0) is 19.4. The van der Waals surface area contributed by atoms with E-state index in [-0.39, 0.29) is 5.82 Å². The molecule has 0 radical (unpaired) electrons. The van der Waals surface area contributed by atoms with E-state index in [1.165, 1.54) is 6.21 Å². The van der Waals surface area contributed by atoms with Crippen LogP contribution < -0.4 is 27.3 Å². The van der Waals surface area contributed by atoms with Gasteiger partial charge in [0.25, 0.3) is 0 Å². The Morgan fingerprint density at radius 3 is 2.74 bits per heavy atom. The highest BCUT2D eigenvalue weighted by Gasteiger charge is 2.08. The van der Waals surface area contributed by atoms with E-state index in [1.807, 2.05) is 36.4 Å². The average molecular weight is 362 g/mol. The first-order valence-electron chi connectivity index (χ1n) is 8.35. The van der Waals surface area contributed by atoms with Gasteiger partial charge in [0.2, 0.25) is 0 Å². The molecule has 0 saturated heterocycles. The molecule has 27 heavy (non-hydrogen) atoms. The van der Waals surface area contributed by atoms with Gasteiger partial charge in [-0.2, -0.15) is 0 Å². The van der Waals surface area contributed by atoms with Crippen LogP contribution in [0.5, 0.6) is 5.75 Å². The maximum absolute atomic E-state index is 7.71. The zero-order valence-corrected chi connectivity index (χ0v) is 15.0. The average Bonchev–Trinajstić information content (AvgIpc) is 2.68. The number of nitrogen functional groups attached to an aromatic ring is 3. The van der Waals surface area contributed by atoms with Gasteiger partial charge in [-0.05, 0) is 40.8 Å². The van der Waals surface area contributed by atoms with Crippen LogP contribution in [0, 0.1) is 5.41 Å². The first-order valence-corrected chi connectivity index (χ1v) is 8.35. The van der Waals surface area contributed by atoms with Crippen LogP contribution in [0.25, 0.3) is 10.8 Å². The molecule has 1 aromatic heterocycles. The fraction of sp³-hybridized carbons (Fsp3) is 0.100. The lowest BCUT2D eigenvalue weighted by molar-refractivity contribution is 0.415. The summed E-state index contributed by atoms with van der Waals surface area (Å²) in [6.45, 7) is 0. The van der Waals surface area contributed by atoms with E-state index in [9.17, 15) is 0 Å². The van der Waals surface area contributed by atoms with E-state index in [0.717, 1.165) is 27.8 Å². The molecule has 0 aliphatic carbocycles. The number of rotatable bonds is 6. The van der Waals surface area contributed by atoms with Crippen LogP contribution in [0.1, 0.15) is 5.56 Å². The summed E-state index contributed by atoms with van der Waals surface area (Å²) in [7, 11) is 1.64. The largest absolute Gasteiger partial charge is 0.497 e. The molecule has 0 bridgehead atoms. The molecule has 0 fully saturated rings. The number of ether oxygens (including phenoxy) is 1. The molecule has 0 saturated carbocycles.